The average molecular weight is 395 g/mol. The third-order valence-corrected chi connectivity index (χ3v) is 3.73. The summed E-state index contributed by atoms with van der Waals surface area (Å²) in [7, 11) is 4.27. The summed E-state index contributed by atoms with van der Waals surface area (Å²) in [5.41, 5.74) is 5.73. The van der Waals surface area contributed by atoms with E-state index in [4.69, 9.17) is 36.3 Å². The second kappa shape index (κ2) is 9.00. The summed E-state index contributed by atoms with van der Waals surface area (Å²) in [6.07, 6.45) is 0. The Balaban J connectivity index is 2.36. The molecule has 0 aliphatic heterocycles. The number of hydrogen-bond donors (Lipinski definition) is 2. The Hall–Kier alpha value is -3.13. The van der Waals surface area contributed by atoms with Gasteiger partial charge in [-0.2, -0.15) is 0 Å². The monoisotopic (exact) mass is 394 g/mol. The van der Waals surface area contributed by atoms with E-state index in [0.29, 0.717) is 16.5 Å². The van der Waals surface area contributed by atoms with E-state index < -0.39 is 11.8 Å². The van der Waals surface area contributed by atoms with Gasteiger partial charge in [0, 0.05) is 10.6 Å². The van der Waals surface area contributed by atoms with Crippen LogP contribution in [0.15, 0.2) is 30.3 Å². The molecule has 0 aliphatic rings. The molecule has 2 aromatic carbocycles. The second-order valence-corrected chi connectivity index (χ2v) is 5.70. The number of halogens is 1. The van der Waals surface area contributed by atoms with Crippen molar-refractivity contribution in [3.63, 3.8) is 0 Å². The second-order valence-electron chi connectivity index (χ2n) is 5.26. The van der Waals surface area contributed by atoms with Crippen LogP contribution in [0.1, 0.15) is 10.4 Å². The van der Waals surface area contributed by atoms with E-state index >= 15 is 0 Å². The zero-order valence-electron chi connectivity index (χ0n) is 15.0. The summed E-state index contributed by atoms with van der Waals surface area (Å²) >= 11 is 5.98. The van der Waals surface area contributed by atoms with Crippen LogP contribution < -0.4 is 30.0 Å². The molecule has 0 aromatic heterocycles. The van der Waals surface area contributed by atoms with E-state index in [9.17, 15) is 9.59 Å². The molecule has 0 unspecified atom stereocenters. The Morgan fingerprint density at radius 1 is 1.00 bits per heavy atom. The molecule has 2 aromatic rings. The van der Waals surface area contributed by atoms with Crippen molar-refractivity contribution in [3.05, 3.63) is 40.9 Å². The first kappa shape index (κ1) is 20.2. The van der Waals surface area contributed by atoms with Gasteiger partial charge in [-0.3, -0.25) is 9.59 Å². The quantitative estimate of drug-likeness (QED) is 0.711. The van der Waals surface area contributed by atoms with Gasteiger partial charge in [0.15, 0.2) is 18.1 Å². The average Bonchev–Trinajstić information content (AvgIpc) is 2.65. The normalized spacial score (nSPS) is 10.1. The molecule has 0 spiro atoms. The Labute approximate surface area is 161 Å². The first-order chi connectivity index (χ1) is 12.9. The number of primary amides is 1. The van der Waals surface area contributed by atoms with Crippen LogP contribution in [0, 0.1) is 0 Å². The molecule has 2 amide bonds. The summed E-state index contributed by atoms with van der Waals surface area (Å²) in [6.45, 7) is -0.363. The number of carbonyl (C=O) groups is 2. The molecule has 0 saturated carbocycles. The van der Waals surface area contributed by atoms with Crippen LogP contribution in [-0.2, 0) is 4.79 Å². The van der Waals surface area contributed by atoms with E-state index in [1.54, 1.807) is 18.2 Å². The highest BCUT2D eigenvalue weighted by atomic mass is 35.5. The highest BCUT2D eigenvalue weighted by Gasteiger charge is 2.19. The minimum Gasteiger partial charge on any atom is -0.495 e. The van der Waals surface area contributed by atoms with Gasteiger partial charge < -0.3 is 30.0 Å². The SMILES string of the molecule is COc1ccc(Cl)cc1NC(=O)c1cc(OC)c(OCC(N)=O)c(OC)c1. The summed E-state index contributed by atoms with van der Waals surface area (Å²) in [6, 6.07) is 7.75. The summed E-state index contributed by atoms with van der Waals surface area (Å²) in [5.74, 6) is -0.0796. The van der Waals surface area contributed by atoms with Crippen LogP contribution in [0.3, 0.4) is 0 Å². The lowest BCUT2D eigenvalue weighted by molar-refractivity contribution is -0.120. The first-order valence-corrected chi connectivity index (χ1v) is 8.09. The lowest BCUT2D eigenvalue weighted by Gasteiger charge is -2.16. The number of nitrogens with two attached hydrogens (primary N) is 1. The molecule has 0 atom stereocenters. The van der Waals surface area contributed by atoms with Crippen molar-refractivity contribution in [2.24, 2.45) is 5.73 Å². The molecular weight excluding hydrogens is 376 g/mol. The molecular formula is C18H19ClN2O6. The van der Waals surface area contributed by atoms with Gasteiger partial charge in [-0.05, 0) is 30.3 Å². The number of rotatable bonds is 8. The number of carbonyl (C=O) groups excluding carboxylic acids is 2. The van der Waals surface area contributed by atoms with Crippen molar-refractivity contribution in [3.8, 4) is 23.0 Å². The van der Waals surface area contributed by atoms with E-state index in [1.165, 1.54) is 33.5 Å². The minimum absolute atomic E-state index is 0.163. The van der Waals surface area contributed by atoms with Crippen molar-refractivity contribution in [1.29, 1.82) is 0 Å². The fraction of sp³-hybridized carbons (Fsp3) is 0.222. The molecule has 0 saturated heterocycles. The smallest absolute Gasteiger partial charge is 0.256 e. The van der Waals surface area contributed by atoms with Gasteiger partial charge in [-0.15, -0.1) is 0 Å². The number of nitrogens with one attached hydrogen (secondary N) is 1. The number of amides is 2. The number of ether oxygens (including phenoxy) is 4. The Morgan fingerprint density at radius 3 is 2.11 bits per heavy atom. The molecule has 0 bridgehead atoms. The minimum atomic E-state index is -0.658. The van der Waals surface area contributed by atoms with Crippen LogP contribution >= 0.6 is 11.6 Å². The molecule has 8 nitrogen and oxygen atoms in total. The van der Waals surface area contributed by atoms with E-state index in [1.807, 2.05) is 0 Å². The number of hydrogen-bond acceptors (Lipinski definition) is 6. The Bertz CT molecular complexity index is 831. The van der Waals surface area contributed by atoms with E-state index in [-0.39, 0.29) is 29.4 Å². The highest BCUT2D eigenvalue weighted by molar-refractivity contribution is 6.31. The number of benzene rings is 2. The van der Waals surface area contributed by atoms with Gasteiger partial charge in [0.05, 0.1) is 27.0 Å². The topological polar surface area (TPSA) is 109 Å². The fourth-order valence-electron chi connectivity index (χ4n) is 2.27. The molecule has 144 valence electrons. The molecule has 0 aliphatic carbocycles. The third-order valence-electron chi connectivity index (χ3n) is 3.49. The van der Waals surface area contributed by atoms with Crippen LogP contribution in [0.25, 0.3) is 0 Å². The van der Waals surface area contributed by atoms with Gasteiger partial charge in [0.2, 0.25) is 5.75 Å². The van der Waals surface area contributed by atoms with Gasteiger partial charge in [0.1, 0.15) is 5.75 Å². The van der Waals surface area contributed by atoms with Gasteiger partial charge >= 0.3 is 0 Å². The van der Waals surface area contributed by atoms with E-state index in [2.05, 4.69) is 5.32 Å². The lowest BCUT2D eigenvalue weighted by atomic mass is 10.1. The van der Waals surface area contributed by atoms with Gasteiger partial charge in [-0.25, -0.2) is 0 Å². The number of methoxy groups -OCH3 is 3. The van der Waals surface area contributed by atoms with Crippen molar-refractivity contribution in [2.45, 2.75) is 0 Å². The predicted molar refractivity (Wildman–Crippen MR) is 100 cm³/mol. The van der Waals surface area contributed by atoms with Crippen LogP contribution in [0.2, 0.25) is 5.02 Å². The largest absolute Gasteiger partial charge is 0.495 e. The molecule has 0 heterocycles. The maximum absolute atomic E-state index is 12.7. The maximum atomic E-state index is 12.7. The fourth-order valence-corrected chi connectivity index (χ4v) is 2.44. The lowest BCUT2D eigenvalue weighted by Crippen LogP contribution is -2.20. The Kier molecular flexibility index (Phi) is 6.73. The summed E-state index contributed by atoms with van der Waals surface area (Å²) in [5, 5.41) is 3.16. The van der Waals surface area contributed by atoms with Gasteiger partial charge in [0.25, 0.3) is 11.8 Å². The molecule has 9 heteroatoms. The van der Waals surface area contributed by atoms with Crippen LogP contribution in [0.5, 0.6) is 23.0 Å². The summed E-state index contributed by atoms with van der Waals surface area (Å²) in [4.78, 5) is 23.6. The van der Waals surface area contributed by atoms with Crippen LogP contribution in [0.4, 0.5) is 5.69 Å². The maximum Gasteiger partial charge on any atom is 0.256 e. The molecule has 0 radical (unpaired) electrons. The van der Waals surface area contributed by atoms with Gasteiger partial charge in [-0.1, -0.05) is 11.6 Å². The molecule has 27 heavy (non-hydrogen) atoms. The van der Waals surface area contributed by atoms with Crippen molar-refractivity contribution in [2.75, 3.05) is 33.3 Å². The highest BCUT2D eigenvalue weighted by Crippen LogP contribution is 2.39. The molecule has 2 rings (SSSR count). The van der Waals surface area contributed by atoms with E-state index in [0.717, 1.165) is 0 Å². The Morgan fingerprint density at radius 2 is 1.59 bits per heavy atom. The number of anilines is 1. The van der Waals surface area contributed by atoms with Crippen molar-refractivity contribution < 1.29 is 28.5 Å². The summed E-state index contributed by atoms with van der Waals surface area (Å²) < 4.78 is 21.0. The zero-order chi connectivity index (χ0) is 20.0. The van der Waals surface area contributed by atoms with Crippen molar-refractivity contribution in [1.82, 2.24) is 0 Å². The predicted octanol–water partition coefficient (Wildman–Crippen LogP) is 2.48. The molecule has 0 fully saturated rings. The van der Waals surface area contributed by atoms with Crippen LogP contribution in [-0.4, -0.2) is 39.8 Å². The molecule has 3 N–H and O–H groups in total. The zero-order valence-corrected chi connectivity index (χ0v) is 15.8. The van der Waals surface area contributed by atoms with Crippen molar-refractivity contribution >= 4 is 29.1 Å². The third kappa shape index (κ3) is 4.95. The first-order valence-electron chi connectivity index (χ1n) is 7.71. The standard InChI is InChI=1S/C18H19ClN2O6/c1-24-13-5-4-11(19)8-12(13)21-18(23)10-6-14(25-2)17(15(7-10)26-3)27-9-16(20)22/h4-8H,9H2,1-3H3,(H2,20,22)(H,21,23).